The SMILES string of the molecule is CN1CCC(C)(Oc2ccc3c(c2)CCC3N(C)C)CC1. The first-order valence-electron chi connectivity index (χ1n) is 8.14. The third kappa shape index (κ3) is 3.09. The van der Waals surface area contributed by atoms with Gasteiger partial charge in [0.1, 0.15) is 11.4 Å². The molecule has 1 fully saturated rings. The molecule has 21 heavy (non-hydrogen) atoms. The summed E-state index contributed by atoms with van der Waals surface area (Å²) in [5.41, 5.74) is 2.96. The molecule has 2 aliphatic rings. The summed E-state index contributed by atoms with van der Waals surface area (Å²) >= 11 is 0. The molecule has 3 heteroatoms. The minimum atomic E-state index is 0.000298. The zero-order valence-electron chi connectivity index (χ0n) is 13.9. The van der Waals surface area contributed by atoms with Gasteiger partial charge in [-0.3, -0.25) is 0 Å². The number of rotatable bonds is 3. The molecule has 1 aromatic carbocycles. The minimum absolute atomic E-state index is 0.000298. The Hall–Kier alpha value is -1.06. The highest BCUT2D eigenvalue weighted by Crippen LogP contribution is 2.37. The standard InChI is InChI=1S/C18H28N2O/c1-18(9-11-20(4)12-10-18)21-15-6-7-16-14(13-15)5-8-17(16)19(2)3/h6-7,13,17H,5,8-12H2,1-4H3. The van der Waals surface area contributed by atoms with Gasteiger partial charge in [0.15, 0.2) is 0 Å². The summed E-state index contributed by atoms with van der Waals surface area (Å²) in [5, 5.41) is 0. The summed E-state index contributed by atoms with van der Waals surface area (Å²) in [6.45, 7) is 4.52. The minimum Gasteiger partial charge on any atom is -0.487 e. The molecule has 1 aromatic rings. The molecule has 1 unspecified atom stereocenters. The van der Waals surface area contributed by atoms with Crippen molar-refractivity contribution in [1.29, 1.82) is 0 Å². The smallest absolute Gasteiger partial charge is 0.120 e. The first kappa shape index (κ1) is 14.9. The van der Waals surface area contributed by atoms with Crippen molar-refractivity contribution in [3.8, 4) is 5.75 Å². The normalized spacial score (nSPS) is 25.1. The molecular formula is C18H28N2O. The van der Waals surface area contributed by atoms with Crippen molar-refractivity contribution < 1.29 is 4.74 Å². The van der Waals surface area contributed by atoms with Crippen LogP contribution in [0.2, 0.25) is 0 Å². The van der Waals surface area contributed by atoms with Crippen molar-refractivity contribution in [3.63, 3.8) is 0 Å². The van der Waals surface area contributed by atoms with E-state index in [1.807, 2.05) is 0 Å². The summed E-state index contributed by atoms with van der Waals surface area (Å²) < 4.78 is 6.37. The van der Waals surface area contributed by atoms with Gasteiger partial charge in [-0.05, 0) is 77.0 Å². The van der Waals surface area contributed by atoms with E-state index in [9.17, 15) is 0 Å². The van der Waals surface area contributed by atoms with E-state index < -0.39 is 0 Å². The van der Waals surface area contributed by atoms with Crippen molar-refractivity contribution in [2.24, 2.45) is 0 Å². The zero-order chi connectivity index (χ0) is 15.0. The highest BCUT2D eigenvalue weighted by atomic mass is 16.5. The Morgan fingerprint density at radius 2 is 1.95 bits per heavy atom. The van der Waals surface area contributed by atoms with Gasteiger partial charge < -0.3 is 14.5 Å². The van der Waals surface area contributed by atoms with E-state index in [0.29, 0.717) is 6.04 Å². The van der Waals surface area contributed by atoms with Crippen LogP contribution in [0.25, 0.3) is 0 Å². The number of aryl methyl sites for hydroxylation is 1. The van der Waals surface area contributed by atoms with Crippen molar-refractivity contribution in [3.05, 3.63) is 29.3 Å². The highest BCUT2D eigenvalue weighted by molar-refractivity contribution is 5.41. The quantitative estimate of drug-likeness (QED) is 0.850. The highest BCUT2D eigenvalue weighted by Gasteiger charge is 2.31. The monoisotopic (exact) mass is 288 g/mol. The molecule has 0 N–H and O–H groups in total. The van der Waals surface area contributed by atoms with Crippen LogP contribution in [0.5, 0.6) is 5.75 Å². The Bertz CT molecular complexity index is 504. The van der Waals surface area contributed by atoms with E-state index in [0.717, 1.165) is 31.7 Å². The third-order valence-electron chi connectivity index (χ3n) is 5.19. The van der Waals surface area contributed by atoms with E-state index >= 15 is 0 Å². The second kappa shape index (κ2) is 5.62. The van der Waals surface area contributed by atoms with Gasteiger partial charge in [-0.1, -0.05) is 6.07 Å². The maximum atomic E-state index is 6.37. The molecule has 1 aliphatic heterocycles. The zero-order valence-corrected chi connectivity index (χ0v) is 13.9. The Morgan fingerprint density at radius 3 is 2.62 bits per heavy atom. The van der Waals surface area contributed by atoms with E-state index in [1.165, 1.54) is 24.0 Å². The summed E-state index contributed by atoms with van der Waals surface area (Å²) in [6.07, 6.45) is 4.63. The molecule has 0 amide bonds. The Morgan fingerprint density at radius 1 is 1.24 bits per heavy atom. The summed E-state index contributed by atoms with van der Waals surface area (Å²) in [4.78, 5) is 4.71. The molecule has 3 rings (SSSR count). The average Bonchev–Trinajstić information content (AvgIpc) is 2.85. The number of benzene rings is 1. The largest absolute Gasteiger partial charge is 0.487 e. The lowest BCUT2D eigenvalue weighted by Crippen LogP contribution is -2.44. The predicted octanol–water partition coefficient (Wildman–Crippen LogP) is 3.10. The van der Waals surface area contributed by atoms with Gasteiger partial charge in [0.25, 0.3) is 0 Å². The molecule has 3 nitrogen and oxygen atoms in total. The average molecular weight is 288 g/mol. The predicted molar refractivity (Wildman–Crippen MR) is 87.0 cm³/mol. The lowest BCUT2D eigenvalue weighted by Gasteiger charge is -2.38. The van der Waals surface area contributed by atoms with Crippen molar-refractivity contribution in [1.82, 2.24) is 9.80 Å². The number of piperidine rings is 1. The van der Waals surface area contributed by atoms with Gasteiger partial charge in [-0.25, -0.2) is 0 Å². The molecule has 1 atom stereocenters. The van der Waals surface area contributed by atoms with Crippen LogP contribution in [-0.4, -0.2) is 49.6 Å². The maximum Gasteiger partial charge on any atom is 0.120 e. The molecule has 0 saturated carbocycles. The van der Waals surface area contributed by atoms with Crippen LogP contribution in [0.15, 0.2) is 18.2 Å². The van der Waals surface area contributed by atoms with Gasteiger partial charge in [0, 0.05) is 19.1 Å². The van der Waals surface area contributed by atoms with Crippen LogP contribution < -0.4 is 4.74 Å². The second-order valence-electron chi connectivity index (χ2n) is 7.23. The molecule has 116 valence electrons. The topological polar surface area (TPSA) is 15.7 Å². The van der Waals surface area contributed by atoms with Gasteiger partial charge in [-0.2, -0.15) is 0 Å². The first-order valence-corrected chi connectivity index (χ1v) is 8.14. The Labute approximate surface area is 128 Å². The van der Waals surface area contributed by atoms with Crippen molar-refractivity contribution >= 4 is 0 Å². The summed E-state index contributed by atoms with van der Waals surface area (Å²) in [7, 11) is 6.53. The van der Waals surface area contributed by atoms with Crippen molar-refractivity contribution in [2.45, 2.75) is 44.2 Å². The molecule has 0 spiro atoms. The third-order valence-corrected chi connectivity index (χ3v) is 5.19. The van der Waals surface area contributed by atoms with E-state index in [1.54, 1.807) is 0 Å². The van der Waals surface area contributed by atoms with Gasteiger partial charge >= 0.3 is 0 Å². The number of nitrogens with zero attached hydrogens (tertiary/aromatic N) is 2. The number of fused-ring (bicyclic) bond motifs is 1. The first-order chi connectivity index (χ1) is 9.97. The van der Waals surface area contributed by atoms with Crippen LogP contribution in [0, 0.1) is 0 Å². The molecular weight excluding hydrogens is 260 g/mol. The Kier molecular flexibility index (Phi) is 3.98. The molecule has 0 aromatic heterocycles. The second-order valence-corrected chi connectivity index (χ2v) is 7.23. The number of hydrogen-bond donors (Lipinski definition) is 0. The van der Waals surface area contributed by atoms with Crippen LogP contribution >= 0.6 is 0 Å². The van der Waals surface area contributed by atoms with Crippen LogP contribution in [0.4, 0.5) is 0 Å². The van der Waals surface area contributed by atoms with Crippen LogP contribution in [-0.2, 0) is 6.42 Å². The molecule has 0 bridgehead atoms. The molecule has 1 heterocycles. The molecule has 0 radical (unpaired) electrons. The molecule has 1 aliphatic carbocycles. The van der Waals surface area contributed by atoms with E-state index in [4.69, 9.17) is 4.74 Å². The number of ether oxygens (including phenoxy) is 1. The van der Waals surface area contributed by atoms with Gasteiger partial charge in [0.2, 0.25) is 0 Å². The van der Waals surface area contributed by atoms with E-state index in [-0.39, 0.29) is 5.60 Å². The molecule has 1 saturated heterocycles. The van der Waals surface area contributed by atoms with Crippen LogP contribution in [0.1, 0.15) is 43.4 Å². The summed E-state index contributed by atoms with van der Waals surface area (Å²) in [6, 6.07) is 7.31. The van der Waals surface area contributed by atoms with Crippen molar-refractivity contribution in [2.75, 3.05) is 34.2 Å². The van der Waals surface area contributed by atoms with Crippen LogP contribution in [0.3, 0.4) is 0 Å². The summed E-state index contributed by atoms with van der Waals surface area (Å²) in [5.74, 6) is 1.06. The van der Waals surface area contributed by atoms with Gasteiger partial charge in [-0.15, -0.1) is 0 Å². The fourth-order valence-corrected chi connectivity index (χ4v) is 3.65. The number of likely N-dealkylation sites (tertiary alicyclic amines) is 1. The fourth-order valence-electron chi connectivity index (χ4n) is 3.65. The lowest BCUT2D eigenvalue weighted by atomic mass is 9.93. The fraction of sp³-hybridized carbons (Fsp3) is 0.667. The Balaban J connectivity index is 1.73. The number of hydrogen-bond acceptors (Lipinski definition) is 3. The maximum absolute atomic E-state index is 6.37. The van der Waals surface area contributed by atoms with Gasteiger partial charge in [0.05, 0.1) is 0 Å². The van der Waals surface area contributed by atoms with E-state index in [2.05, 4.69) is 56.1 Å². The lowest BCUT2D eigenvalue weighted by molar-refractivity contribution is 0.0240.